The minimum absolute atomic E-state index is 0.0345. The smallest absolute Gasteiger partial charge is 0.269 e. The molecule has 3 N–H and O–H groups in total. The van der Waals surface area contributed by atoms with Gasteiger partial charge in [-0.25, -0.2) is 0 Å². The molecule has 1 aliphatic carbocycles. The van der Waals surface area contributed by atoms with E-state index in [9.17, 15) is 30.1 Å². The topological polar surface area (TPSA) is 157 Å². The molecular formula is C27H31N3O6. The fourth-order valence-corrected chi connectivity index (χ4v) is 4.66. The van der Waals surface area contributed by atoms with Crippen LogP contribution in [0.25, 0.3) is 0 Å². The third-order valence-corrected chi connectivity index (χ3v) is 6.59. The van der Waals surface area contributed by atoms with Crippen molar-refractivity contribution in [1.29, 1.82) is 5.26 Å². The van der Waals surface area contributed by atoms with Crippen molar-refractivity contribution in [2.75, 3.05) is 0 Å². The van der Waals surface area contributed by atoms with Crippen LogP contribution in [0, 0.1) is 21.4 Å². The third kappa shape index (κ3) is 5.65. The molecule has 0 aromatic heterocycles. The quantitative estimate of drug-likeness (QED) is 0.166. The Labute approximate surface area is 210 Å². The maximum absolute atomic E-state index is 13.3. The minimum atomic E-state index is -1.17. The second-order valence-electron chi connectivity index (χ2n) is 9.08. The summed E-state index contributed by atoms with van der Waals surface area (Å²) in [4.78, 5) is 37.2. The molecule has 1 unspecified atom stereocenters. The average Bonchev–Trinajstić information content (AvgIpc) is 2.87. The summed E-state index contributed by atoms with van der Waals surface area (Å²) in [6.07, 6.45) is 9.88. The number of Topliss-reactive ketones (excluding diaryl/α,β-unsaturated/α-hetero) is 2. The number of ether oxygens (including phenoxy) is 1. The van der Waals surface area contributed by atoms with Crippen LogP contribution in [0.4, 0.5) is 5.69 Å². The van der Waals surface area contributed by atoms with Crippen LogP contribution >= 0.6 is 0 Å². The van der Waals surface area contributed by atoms with Gasteiger partial charge >= 0.3 is 0 Å². The number of nitrogens with zero attached hydrogens (tertiary/aromatic N) is 2. The molecule has 9 heteroatoms. The number of unbranched alkanes of at least 4 members (excludes halogenated alkanes) is 8. The Morgan fingerprint density at radius 1 is 1.08 bits per heavy atom. The van der Waals surface area contributed by atoms with E-state index in [4.69, 9.17) is 10.5 Å². The highest BCUT2D eigenvalue weighted by Gasteiger charge is 2.45. The Bertz CT molecular complexity index is 1190. The molecule has 9 nitrogen and oxygen atoms in total. The number of non-ortho nitro benzene ring substituents is 1. The van der Waals surface area contributed by atoms with Crippen molar-refractivity contribution in [2.45, 2.75) is 77.0 Å². The number of nitro groups is 1. The molecule has 0 saturated heterocycles. The number of nitrogens with two attached hydrogens (primary N) is 1. The van der Waals surface area contributed by atoms with Gasteiger partial charge in [-0.1, -0.05) is 70.4 Å². The number of benzene rings is 1. The van der Waals surface area contributed by atoms with E-state index < -0.39 is 28.2 Å². The predicted octanol–water partition coefficient (Wildman–Crippen LogP) is 5.54. The molecule has 1 aromatic carbocycles. The summed E-state index contributed by atoms with van der Waals surface area (Å²) in [5.41, 5.74) is 5.47. The van der Waals surface area contributed by atoms with Gasteiger partial charge in [0.25, 0.3) is 5.69 Å². The third-order valence-electron chi connectivity index (χ3n) is 6.59. The van der Waals surface area contributed by atoms with E-state index in [-0.39, 0.29) is 46.0 Å². The molecule has 0 bridgehead atoms. The highest BCUT2D eigenvalue weighted by molar-refractivity contribution is 6.24. The van der Waals surface area contributed by atoms with Gasteiger partial charge in [-0.2, -0.15) is 5.26 Å². The first-order valence-electron chi connectivity index (χ1n) is 12.4. The first-order chi connectivity index (χ1) is 17.3. The number of hydrogen-bond donors (Lipinski definition) is 2. The van der Waals surface area contributed by atoms with E-state index in [1.807, 2.05) is 6.07 Å². The normalized spacial score (nSPS) is 17.7. The molecule has 1 heterocycles. The second-order valence-corrected chi connectivity index (χ2v) is 9.08. The maximum atomic E-state index is 13.3. The van der Waals surface area contributed by atoms with Crippen LogP contribution in [-0.2, 0) is 14.3 Å². The molecule has 1 aliphatic heterocycles. The van der Waals surface area contributed by atoms with E-state index in [1.54, 1.807) is 0 Å². The molecule has 190 valence electrons. The Kier molecular flexibility index (Phi) is 9.01. The van der Waals surface area contributed by atoms with Gasteiger partial charge < -0.3 is 15.6 Å². The number of carbonyl (C=O) groups excluding carboxylic acids is 2. The summed E-state index contributed by atoms with van der Waals surface area (Å²) >= 11 is 0. The van der Waals surface area contributed by atoms with Crippen LogP contribution in [0.2, 0.25) is 0 Å². The molecule has 0 amide bonds. The van der Waals surface area contributed by atoms with Gasteiger partial charge in [0.1, 0.15) is 11.6 Å². The van der Waals surface area contributed by atoms with Crippen molar-refractivity contribution in [1.82, 2.24) is 0 Å². The van der Waals surface area contributed by atoms with Crippen LogP contribution in [0.15, 0.2) is 58.4 Å². The van der Waals surface area contributed by atoms with Crippen LogP contribution in [0.3, 0.4) is 0 Å². The first kappa shape index (κ1) is 26.7. The van der Waals surface area contributed by atoms with Crippen molar-refractivity contribution in [3.8, 4) is 6.07 Å². The Morgan fingerprint density at radius 2 is 1.72 bits per heavy atom. The molecular weight excluding hydrogens is 462 g/mol. The number of nitriles is 1. The van der Waals surface area contributed by atoms with Crippen LogP contribution in [0.1, 0.15) is 82.6 Å². The number of ketones is 2. The molecule has 3 rings (SSSR count). The van der Waals surface area contributed by atoms with E-state index in [0.717, 1.165) is 19.3 Å². The molecule has 1 atom stereocenters. The summed E-state index contributed by atoms with van der Waals surface area (Å²) < 4.78 is 5.44. The Morgan fingerprint density at radius 3 is 2.33 bits per heavy atom. The van der Waals surface area contributed by atoms with Gasteiger partial charge in [-0.05, 0) is 18.4 Å². The number of hydrogen-bond acceptors (Lipinski definition) is 8. The van der Waals surface area contributed by atoms with Crippen molar-refractivity contribution in [3.05, 3.63) is 74.1 Å². The highest BCUT2D eigenvalue weighted by Crippen LogP contribution is 2.44. The molecule has 0 fully saturated rings. The lowest BCUT2D eigenvalue weighted by molar-refractivity contribution is -0.384. The van der Waals surface area contributed by atoms with Gasteiger partial charge in [0.2, 0.25) is 17.4 Å². The Balaban J connectivity index is 1.79. The summed E-state index contributed by atoms with van der Waals surface area (Å²) in [5, 5.41) is 31.6. The minimum Gasteiger partial charge on any atom is -0.504 e. The number of rotatable bonds is 12. The molecule has 0 radical (unpaired) electrons. The van der Waals surface area contributed by atoms with E-state index in [0.29, 0.717) is 6.42 Å². The largest absolute Gasteiger partial charge is 0.504 e. The number of aliphatic hydroxyl groups excluding tert-OH is 1. The maximum Gasteiger partial charge on any atom is 0.269 e. The second kappa shape index (κ2) is 12.2. The summed E-state index contributed by atoms with van der Waals surface area (Å²) in [7, 11) is 0. The number of carbonyl (C=O) groups is 2. The lowest BCUT2D eigenvalue weighted by atomic mass is 9.76. The molecule has 2 aliphatic rings. The van der Waals surface area contributed by atoms with E-state index in [1.165, 1.54) is 56.4 Å². The summed E-state index contributed by atoms with van der Waals surface area (Å²) in [6, 6.07) is 7.26. The molecule has 1 aromatic rings. The van der Waals surface area contributed by atoms with Crippen LogP contribution in [-0.4, -0.2) is 21.6 Å². The lowest BCUT2D eigenvalue weighted by Gasteiger charge is -2.30. The lowest BCUT2D eigenvalue weighted by Crippen LogP contribution is -2.33. The summed E-state index contributed by atoms with van der Waals surface area (Å²) in [6.45, 7) is 2.18. The first-order valence-corrected chi connectivity index (χ1v) is 12.4. The van der Waals surface area contributed by atoms with E-state index >= 15 is 0 Å². The fourth-order valence-electron chi connectivity index (χ4n) is 4.66. The van der Waals surface area contributed by atoms with Gasteiger partial charge in [0, 0.05) is 17.7 Å². The standard InChI is InChI=1S/C27H31N3O6/c1-2-3-4-5-6-7-8-9-10-14-19-23(31)25(33)22-21(17-12-11-13-18(15-17)30(34)35)20(16-28)27(29)36-26(22)24(19)32/h11-13,15,21,31H,2-10,14,29H2,1H3. The van der Waals surface area contributed by atoms with Crippen molar-refractivity contribution >= 4 is 17.3 Å². The van der Waals surface area contributed by atoms with Crippen molar-refractivity contribution in [3.63, 3.8) is 0 Å². The van der Waals surface area contributed by atoms with Crippen molar-refractivity contribution < 1.29 is 24.4 Å². The molecule has 36 heavy (non-hydrogen) atoms. The fraction of sp³-hybridized carbons (Fsp3) is 0.444. The summed E-state index contributed by atoms with van der Waals surface area (Å²) in [5.74, 6) is -4.03. The predicted molar refractivity (Wildman–Crippen MR) is 132 cm³/mol. The number of nitro benzene ring substituents is 1. The molecule has 0 spiro atoms. The number of aliphatic hydroxyl groups is 1. The van der Waals surface area contributed by atoms with E-state index in [2.05, 4.69) is 6.92 Å². The van der Waals surface area contributed by atoms with Crippen LogP contribution in [0.5, 0.6) is 0 Å². The SMILES string of the molecule is CCCCCCCCCCCC1=C(O)C(=O)C2=C(OC(N)=C(C#N)C2c2cccc([N+](=O)[O-])c2)C1=O. The number of allylic oxidation sites excluding steroid dienone is 3. The average molecular weight is 494 g/mol. The highest BCUT2D eigenvalue weighted by atomic mass is 16.6. The van der Waals surface area contributed by atoms with Gasteiger partial charge in [-0.15, -0.1) is 0 Å². The van der Waals surface area contributed by atoms with Gasteiger partial charge in [0.15, 0.2) is 11.5 Å². The van der Waals surface area contributed by atoms with Gasteiger partial charge in [-0.3, -0.25) is 19.7 Å². The van der Waals surface area contributed by atoms with Gasteiger partial charge in [0.05, 0.1) is 16.4 Å². The Hall–Kier alpha value is -3.93. The molecule has 0 saturated carbocycles. The monoisotopic (exact) mass is 493 g/mol. The zero-order valence-electron chi connectivity index (χ0n) is 20.4. The van der Waals surface area contributed by atoms with Crippen LogP contribution < -0.4 is 5.73 Å². The van der Waals surface area contributed by atoms with Crippen molar-refractivity contribution in [2.24, 2.45) is 5.73 Å². The zero-order valence-corrected chi connectivity index (χ0v) is 20.4. The zero-order chi connectivity index (χ0) is 26.2.